The lowest BCUT2D eigenvalue weighted by atomic mass is 9.76. The van der Waals surface area contributed by atoms with E-state index in [0.29, 0.717) is 30.6 Å². The molecule has 1 aromatic carbocycles. The lowest BCUT2D eigenvalue weighted by Crippen LogP contribution is -2.27. The minimum absolute atomic E-state index is 0.00893. The first-order chi connectivity index (χ1) is 16.8. The molecule has 6 atom stereocenters. The third-order valence-corrected chi connectivity index (χ3v) is 8.51. The van der Waals surface area contributed by atoms with Crippen molar-refractivity contribution < 1.29 is 14.7 Å². The summed E-state index contributed by atoms with van der Waals surface area (Å²) in [6.45, 7) is 7.66. The molecular formula is C31H49NO3. The molecule has 1 aromatic rings. The summed E-state index contributed by atoms with van der Waals surface area (Å²) < 4.78 is 0. The maximum absolute atomic E-state index is 12.8. The minimum Gasteiger partial charge on any atom is -0.392 e. The zero-order chi connectivity index (χ0) is 25.2. The molecule has 0 spiro atoms. The maximum Gasteiger partial charge on any atom is 0.220 e. The molecule has 2 aliphatic carbocycles. The van der Waals surface area contributed by atoms with E-state index in [1.807, 2.05) is 0 Å². The first-order valence-electron chi connectivity index (χ1n) is 14.3. The van der Waals surface area contributed by atoms with Crippen molar-refractivity contribution >= 4 is 11.7 Å². The lowest BCUT2D eigenvalue weighted by molar-refractivity contribution is -0.123. The fourth-order valence-corrected chi connectivity index (χ4v) is 6.17. The third kappa shape index (κ3) is 9.71. The van der Waals surface area contributed by atoms with Crippen molar-refractivity contribution in [3.63, 3.8) is 0 Å². The molecule has 1 amide bonds. The number of carbonyl (C=O) groups excluding carboxylic acids is 2. The Balaban J connectivity index is 1.35. The van der Waals surface area contributed by atoms with Crippen LogP contribution in [-0.2, 0) is 16.0 Å². The smallest absolute Gasteiger partial charge is 0.220 e. The highest BCUT2D eigenvalue weighted by molar-refractivity contribution is 5.84. The molecule has 0 aromatic heterocycles. The quantitative estimate of drug-likeness (QED) is 0.288. The van der Waals surface area contributed by atoms with Gasteiger partial charge in [0.15, 0.2) is 0 Å². The number of carbonyl (C=O) groups is 2. The number of amides is 1. The summed E-state index contributed by atoms with van der Waals surface area (Å²) in [6, 6.07) is 10.6. The molecule has 2 fully saturated rings. The number of aliphatic hydroxyl groups excluding tert-OH is 1. The van der Waals surface area contributed by atoms with E-state index in [-0.39, 0.29) is 23.5 Å². The molecule has 4 heteroatoms. The van der Waals surface area contributed by atoms with Gasteiger partial charge in [-0.1, -0.05) is 70.4 Å². The fourth-order valence-electron chi connectivity index (χ4n) is 6.17. The van der Waals surface area contributed by atoms with Crippen molar-refractivity contribution in [1.29, 1.82) is 0 Å². The van der Waals surface area contributed by atoms with Crippen LogP contribution >= 0.6 is 0 Å². The lowest BCUT2D eigenvalue weighted by Gasteiger charge is -2.28. The van der Waals surface area contributed by atoms with Gasteiger partial charge >= 0.3 is 0 Å². The zero-order valence-electron chi connectivity index (χ0n) is 22.4. The number of benzene rings is 1. The van der Waals surface area contributed by atoms with Crippen molar-refractivity contribution in [3.8, 4) is 0 Å². The fraction of sp³-hybridized carbons (Fsp3) is 0.742. The molecule has 2 N–H and O–H groups in total. The van der Waals surface area contributed by atoms with Gasteiger partial charge in [-0.15, -0.1) is 0 Å². The number of ketones is 1. The van der Waals surface area contributed by atoms with Gasteiger partial charge in [0, 0.05) is 25.3 Å². The van der Waals surface area contributed by atoms with Gasteiger partial charge in [-0.2, -0.15) is 0 Å². The highest BCUT2D eigenvalue weighted by Gasteiger charge is 2.43. The molecular weight excluding hydrogens is 434 g/mol. The van der Waals surface area contributed by atoms with E-state index in [2.05, 4.69) is 56.4 Å². The predicted octanol–water partition coefficient (Wildman–Crippen LogP) is 6.35. The second-order valence-corrected chi connectivity index (χ2v) is 11.9. The summed E-state index contributed by atoms with van der Waals surface area (Å²) in [5.74, 6) is 2.80. The number of hydrogen-bond acceptors (Lipinski definition) is 3. The monoisotopic (exact) mass is 483 g/mol. The standard InChI is InChI=1S/C31H49NO3/c1-22(10-8-14-30(35)32-21-26-17-18-26)9-7-13-27-28(33)20-29(34)31(27)24(3)19-23(2)15-16-25-11-5-4-6-12-25/h4-6,11-12,22-24,26-28,31,33H,7-10,13-21H2,1-3H3,(H,32,35). The van der Waals surface area contributed by atoms with Crippen molar-refractivity contribution in [2.24, 2.45) is 35.5 Å². The van der Waals surface area contributed by atoms with Crippen molar-refractivity contribution in [2.45, 2.75) is 104 Å². The molecule has 0 aliphatic heterocycles. The zero-order valence-corrected chi connectivity index (χ0v) is 22.4. The number of hydrogen-bond donors (Lipinski definition) is 2. The molecule has 0 radical (unpaired) electrons. The van der Waals surface area contributed by atoms with Crippen molar-refractivity contribution in [3.05, 3.63) is 35.9 Å². The largest absolute Gasteiger partial charge is 0.392 e. The first kappa shape index (κ1) is 27.9. The Labute approximate surface area is 213 Å². The highest BCUT2D eigenvalue weighted by Crippen LogP contribution is 2.40. The van der Waals surface area contributed by atoms with E-state index in [4.69, 9.17) is 0 Å². The number of aryl methyl sites for hydroxylation is 1. The van der Waals surface area contributed by atoms with Crippen LogP contribution in [0.3, 0.4) is 0 Å². The SMILES string of the molecule is CC(CCCC(=O)NCC1CC1)CCCC1C(O)CC(=O)C1C(C)CC(C)CCc1ccccc1. The van der Waals surface area contributed by atoms with Gasteiger partial charge in [0.2, 0.25) is 5.91 Å². The van der Waals surface area contributed by atoms with Gasteiger partial charge in [0.05, 0.1) is 6.10 Å². The van der Waals surface area contributed by atoms with E-state index in [0.717, 1.165) is 63.8 Å². The molecule has 196 valence electrons. The van der Waals surface area contributed by atoms with Gasteiger partial charge in [-0.3, -0.25) is 9.59 Å². The summed E-state index contributed by atoms with van der Waals surface area (Å²) in [6.07, 6.45) is 11.4. The summed E-state index contributed by atoms with van der Waals surface area (Å²) in [7, 11) is 0. The Morgan fingerprint density at radius 2 is 1.74 bits per heavy atom. The van der Waals surface area contributed by atoms with Crippen LogP contribution in [0.1, 0.15) is 97.0 Å². The van der Waals surface area contributed by atoms with E-state index >= 15 is 0 Å². The Bertz CT molecular complexity index is 775. The third-order valence-electron chi connectivity index (χ3n) is 8.51. The normalized spacial score (nSPS) is 24.8. The average Bonchev–Trinajstić information content (AvgIpc) is 3.61. The number of aliphatic hydroxyl groups is 1. The highest BCUT2D eigenvalue weighted by atomic mass is 16.3. The molecule has 0 heterocycles. The van der Waals surface area contributed by atoms with E-state index in [1.165, 1.54) is 18.4 Å². The molecule has 2 saturated carbocycles. The van der Waals surface area contributed by atoms with Crippen LogP contribution in [0.25, 0.3) is 0 Å². The van der Waals surface area contributed by atoms with Crippen LogP contribution in [0.2, 0.25) is 0 Å². The number of nitrogens with one attached hydrogen (secondary N) is 1. The average molecular weight is 484 g/mol. The van der Waals surface area contributed by atoms with Crippen molar-refractivity contribution in [2.75, 3.05) is 6.54 Å². The van der Waals surface area contributed by atoms with E-state index < -0.39 is 6.10 Å². The molecule has 6 unspecified atom stereocenters. The second-order valence-electron chi connectivity index (χ2n) is 11.9. The summed E-state index contributed by atoms with van der Waals surface area (Å²) in [4.78, 5) is 24.7. The number of Topliss-reactive ketones (excluding diaryl/α,β-unsaturated/α-hetero) is 1. The molecule has 3 rings (SSSR count). The number of rotatable bonds is 16. The van der Waals surface area contributed by atoms with Gasteiger partial charge in [-0.05, 0) is 80.1 Å². The Morgan fingerprint density at radius 3 is 2.46 bits per heavy atom. The van der Waals surface area contributed by atoms with Gasteiger partial charge in [0.25, 0.3) is 0 Å². The summed E-state index contributed by atoms with van der Waals surface area (Å²) in [5, 5.41) is 13.7. The molecule has 4 nitrogen and oxygen atoms in total. The van der Waals surface area contributed by atoms with E-state index in [9.17, 15) is 14.7 Å². The molecule has 35 heavy (non-hydrogen) atoms. The molecule has 2 aliphatic rings. The molecule has 0 bridgehead atoms. The Morgan fingerprint density at radius 1 is 1.03 bits per heavy atom. The van der Waals surface area contributed by atoms with Crippen LogP contribution in [0, 0.1) is 35.5 Å². The van der Waals surface area contributed by atoms with Gasteiger partial charge in [0.1, 0.15) is 5.78 Å². The van der Waals surface area contributed by atoms with Crippen LogP contribution in [-0.4, -0.2) is 29.4 Å². The van der Waals surface area contributed by atoms with Crippen LogP contribution in [0.5, 0.6) is 0 Å². The minimum atomic E-state index is -0.472. The van der Waals surface area contributed by atoms with Crippen molar-refractivity contribution in [1.82, 2.24) is 5.32 Å². The van der Waals surface area contributed by atoms with E-state index in [1.54, 1.807) is 0 Å². The maximum atomic E-state index is 12.8. The van der Waals surface area contributed by atoms with Crippen LogP contribution in [0.4, 0.5) is 0 Å². The summed E-state index contributed by atoms with van der Waals surface area (Å²) >= 11 is 0. The predicted molar refractivity (Wildman–Crippen MR) is 143 cm³/mol. The topological polar surface area (TPSA) is 66.4 Å². The second kappa shape index (κ2) is 14.2. The van der Waals surface area contributed by atoms with Crippen LogP contribution in [0.15, 0.2) is 30.3 Å². The van der Waals surface area contributed by atoms with Gasteiger partial charge < -0.3 is 10.4 Å². The first-order valence-corrected chi connectivity index (χ1v) is 14.3. The Kier molecular flexibility index (Phi) is 11.3. The van der Waals surface area contributed by atoms with Crippen LogP contribution < -0.4 is 5.32 Å². The van der Waals surface area contributed by atoms with Gasteiger partial charge in [-0.25, -0.2) is 0 Å². The Hall–Kier alpha value is -1.68. The molecule has 0 saturated heterocycles. The summed E-state index contributed by atoms with van der Waals surface area (Å²) in [5.41, 5.74) is 1.38.